The lowest BCUT2D eigenvalue weighted by Gasteiger charge is -2.02. The zero-order valence-corrected chi connectivity index (χ0v) is 8.41. The lowest BCUT2D eigenvalue weighted by molar-refractivity contribution is 0.0600. The monoisotopic (exact) mass is 194 g/mol. The molecule has 1 N–H and O–H groups in total. The van der Waals surface area contributed by atoms with Crippen molar-refractivity contribution in [3.05, 3.63) is 29.6 Å². The molecule has 0 radical (unpaired) electrons. The standard InChI is InChI=1S/C10H14N2O2/c1-3-11-7-9-5-4-8(6-12-9)10(13)14-2/h4-6,11H,3,7H2,1-2H3. The first kappa shape index (κ1) is 10.7. The highest BCUT2D eigenvalue weighted by Crippen LogP contribution is 2.01. The minimum Gasteiger partial charge on any atom is -0.465 e. The maximum Gasteiger partial charge on any atom is 0.339 e. The molecule has 1 rings (SSSR count). The second-order valence-electron chi connectivity index (χ2n) is 2.81. The Labute approximate surface area is 83.3 Å². The van der Waals surface area contributed by atoms with Crippen LogP contribution in [0.5, 0.6) is 0 Å². The number of nitrogens with one attached hydrogen (secondary N) is 1. The number of nitrogens with zero attached hydrogens (tertiary/aromatic N) is 1. The van der Waals surface area contributed by atoms with Crippen LogP contribution in [0.25, 0.3) is 0 Å². The Morgan fingerprint density at radius 2 is 2.36 bits per heavy atom. The van der Waals surface area contributed by atoms with Gasteiger partial charge in [-0.2, -0.15) is 0 Å². The first-order valence-electron chi connectivity index (χ1n) is 4.52. The highest BCUT2D eigenvalue weighted by Gasteiger charge is 2.04. The van der Waals surface area contributed by atoms with E-state index in [-0.39, 0.29) is 5.97 Å². The molecule has 0 aliphatic rings. The van der Waals surface area contributed by atoms with Crippen LogP contribution in [-0.4, -0.2) is 24.6 Å². The van der Waals surface area contributed by atoms with E-state index in [0.29, 0.717) is 5.56 Å². The number of hydrogen-bond donors (Lipinski definition) is 1. The van der Waals surface area contributed by atoms with Crippen molar-refractivity contribution in [2.45, 2.75) is 13.5 Å². The normalized spacial score (nSPS) is 9.86. The second-order valence-corrected chi connectivity index (χ2v) is 2.81. The summed E-state index contributed by atoms with van der Waals surface area (Å²) in [4.78, 5) is 15.2. The lowest BCUT2D eigenvalue weighted by Crippen LogP contribution is -2.13. The Morgan fingerprint density at radius 3 is 2.86 bits per heavy atom. The SMILES string of the molecule is CCNCc1ccc(C(=O)OC)cn1. The number of esters is 1. The van der Waals surface area contributed by atoms with Crippen LogP contribution in [0.2, 0.25) is 0 Å². The molecule has 0 fully saturated rings. The van der Waals surface area contributed by atoms with E-state index < -0.39 is 0 Å². The number of rotatable bonds is 4. The summed E-state index contributed by atoms with van der Waals surface area (Å²) in [5.74, 6) is -0.354. The van der Waals surface area contributed by atoms with Gasteiger partial charge < -0.3 is 10.1 Å². The number of ether oxygens (including phenoxy) is 1. The Balaban J connectivity index is 2.63. The molecule has 0 saturated carbocycles. The van der Waals surface area contributed by atoms with Crippen molar-refractivity contribution in [3.8, 4) is 0 Å². The van der Waals surface area contributed by atoms with Crippen molar-refractivity contribution in [3.63, 3.8) is 0 Å². The fourth-order valence-corrected chi connectivity index (χ4v) is 1.02. The maximum absolute atomic E-state index is 11.1. The molecule has 4 nitrogen and oxygen atoms in total. The Bertz CT molecular complexity index is 295. The summed E-state index contributed by atoms with van der Waals surface area (Å²) in [6, 6.07) is 3.53. The van der Waals surface area contributed by atoms with Crippen LogP contribution in [0, 0.1) is 0 Å². The molecular weight excluding hydrogens is 180 g/mol. The van der Waals surface area contributed by atoms with Gasteiger partial charge in [0.1, 0.15) is 0 Å². The van der Waals surface area contributed by atoms with Crippen LogP contribution in [-0.2, 0) is 11.3 Å². The predicted molar refractivity (Wildman–Crippen MR) is 53.0 cm³/mol. The van der Waals surface area contributed by atoms with Crippen molar-refractivity contribution >= 4 is 5.97 Å². The van der Waals surface area contributed by atoms with Gasteiger partial charge in [-0.3, -0.25) is 4.98 Å². The van der Waals surface area contributed by atoms with Gasteiger partial charge in [0.15, 0.2) is 0 Å². The Morgan fingerprint density at radius 1 is 1.57 bits per heavy atom. The van der Waals surface area contributed by atoms with E-state index in [9.17, 15) is 4.79 Å². The summed E-state index contributed by atoms with van der Waals surface area (Å²) in [6.07, 6.45) is 1.53. The summed E-state index contributed by atoms with van der Waals surface area (Å²) >= 11 is 0. The van der Waals surface area contributed by atoms with E-state index in [2.05, 4.69) is 15.0 Å². The van der Waals surface area contributed by atoms with Gasteiger partial charge in [-0.1, -0.05) is 6.92 Å². The van der Waals surface area contributed by atoms with Gasteiger partial charge in [0.05, 0.1) is 18.4 Å². The van der Waals surface area contributed by atoms with Crippen molar-refractivity contribution in [1.82, 2.24) is 10.3 Å². The zero-order chi connectivity index (χ0) is 10.4. The van der Waals surface area contributed by atoms with Crippen molar-refractivity contribution in [2.75, 3.05) is 13.7 Å². The first-order chi connectivity index (χ1) is 6.77. The summed E-state index contributed by atoms with van der Waals surface area (Å²) in [5.41, 5.74) is 1.40. The minimum atomic E-state index is -0.354. The molecule has 0 spiro atoms. The van der Waals surface area contributed by atoms with Crippen LogP contribution < -0.4 is 5.32 Å². The zero-order valence-electron chi connectivity index (χ0n) is 8.41. The average Bonchev–Trinajstić information content (AvgIpc) is 2.26. The molecule has 14 heavy (non-hydrogen) atoms. The molecule has 0 saturated heterocycles. The highest BCUT2D eigenvalue weighted by molar-refractivity contribution is 5.88. The van der Waals surface area contributed by atoms with E-state index in [1.54, 1.807) is 6.07 Å². The Hall–Kier alpha value is -1.42. The number of pyridine rings is 1. The molecule has 0 unspecified atom stereocenters. The largest absolute Gasteiger partial charge is 0.465 e. The second kappa shape index (κ2) is 5.34. The molecule has 4 heteroatoms. The summed E-state index contributed by atoms with van der Waals surface area (Å²) in [6.45, 7) is 3.65. The third kappa shape index (κ3) is 2.81. The van der Waals surface area contributed by atoms with Crippen molar-refractivity contribution in [1.29, 1.82) is 0 Å². The van der Waals surface area contributed by atoms with Gasteiger partial charge in [-0.25, -0.2) is 4.79 Å². The molecule has 0 atom stereocenters. The molecular formula is C10H14N2O2. The van der Waals surface area contributed by atoms with Crippen LogP contribution in [0.4, 0.5) is 0 Å². The fraction of sp³-hybridized carbons (Fsp3) is 0.400. The van der Waals surface area contributed by atoms with Gasteiger partial charge in [0, 0.05) is 12.7 Å². The third-order valence-corrected chi connectivity index (χ3v) is 1.80. The molecule has 1 heterocycles. The van der Waals surface area contributed by atoms with Crippen molar-refractivity contribution < 1.29 is 9.53 Å². The number of hydrogen-bond acceptors (Lipinski definition) is 4. The summed E-state index contributed by atoms with van der Waals surface area (Å²) in [5, 5.41) is 3.15. The summed E-state index contributed by atoms with van der Waals surface area (Å²) < 4.78 is 4.56. The van der Waals surface area contributed by atoms with Gasteiger partial charge >= 0.3 is 5.97 Å². The van der Waals surface area contributed by atoms with Crippen LogP contribution >= 0.6 is 0 Å². The smallest absolute Gasteiger partial charge is 0.339 e. The topological polar surface area (TPSA) is 51.2 Å². The number of methoxy groups -OCH3 is 1. The van der Waals surface area contributed by atoms with Gasteiger partial charge in [0.25, 0.3) is 0 Å². The quantitative estimate of drug-likeness (QED) is 0.726. The van der Waals surface area contributed by atoms with Crippen LogP contribution in [0.1, 0.15) is 23.0 Å². The molecule has 0 amide bonds. The predicted octanol–water partition coefficient (Wildman–Crippen LogP) is 0.978. The van der Waals surface area contributed by atoms with Gasteiger partial charge in [0.2, 0.25) is 0 Å². The number of carbonyl (C=O) groups excluding carboxylic acids is 1. The van der Waals surface area contributed by atoms with Gasteiger partial charge in [-0.05, 0) is 18.7 Å². The number of aromatic nitrogens is 1. The molecule has 0 aliphatic heterocycles. The molecule has 1 aromatic heterocycles. The van der Waals surface area contributed by atoms with Crippen molar-refractivity contribution in [2.24, 2.45) is 0 Å². The van der Waals surface area contributed by atoms with E-state index in [1.807, 2.05) is 13.0 Å². The van der Waals surface area contributed by atoms with Crippen LogP contribution in [0.3, 0.4) is 0 Å². The third-order valence-electron chi connectivity index (χ3n) is 1.80. The average molecular weight is 194 g/mol. The highest BCUT2D eigenvalue weighted by atomic mass is 16.5. The fourth-order valence-electron chi connectivity index (χ4n) is 1.02. The molecule has 1 aromatic rings. The van der Waals surface area contributed by atoms with E-state index in [1.165, 1.54) is 13.3 Å². The summed E-state index contributed by atoms with van der Waals surface area (Å²) in [7, 11) is 1.36. The van der Waals surface area contributed by atoms with Crippen LogP contribution in [0.15, 0.2) is 18.3 Å². The first-order valence-corrected chi connectivity index (χ1v) is 4.52. The van der Waals surface area contributed by atoms with E-state index in [0.717, 1.165) is 18.8 Å². The maximum atomic E-state index is 11.1. The Kier molecular flexibility index (Phi) is 4.07. The molecule has 0 aliphatic carbocycles. The molecule has 76 valence electrons. The van der Waals surface area contributed by atoms with E-state index in [4.69, 9.17) is 0 Å². The number of carbonyl (C=O) groups is 1. The lowest BCUT2D eigenvalue weighted by atomic mass is 10.2. The van der Waals surface area contributed by atoms with Gasteiger partial charge in [-0.15, -0.1) is 0 Å². The van der Waals surface area contributed by atoms with E-state index >= 15 is 0 Å². The molecule has 0 aromatic carbocycles. The minimum absolute atomic E-state index is 0.354. The molecule has 0 bridgehead atoms.